The van der Waals surface area contributed by atoms with Gasteiger partial charge in [-0.15, -0.1) is 11.3 Å². The molecular weight excluding hydrogens is 424 g/mol. The first kappa shape index (κ1) is 24.3. The lowest BCUT2D eigenvalue weighted by molar-refractivity contribution is -0.142. The molecule has 2 amide bonds. The summed E-state index contributed by atoms with van der Waals surface area (Å²) in [5.74, 6) is 1.13. The molecule has 174 valence electrons. The van der Waals surface area contributed by atoms with Gasteiger partial charge in [0.25, 0.3) is 0 Å². The number of amides is 2. The van der Waals surface area contributed by atoms with Crippen LogP contribution >= 0.6 is 11.3 Å². The number of ether oxygens (including phenoxy) is 2. The Labute approximate surface area is 195 Å². The number of rotatable bonds is 10. The van der Waals surface area contributed by atoms with Crippen LogP contribution in [0.3, 0.4) is 0 Å². The number of thiophene rings is 1. The highest BCUT2D eigenvalue weighted by Crippen LogP contribution is 2.34. The Balaban J connectivity index is 1.71. The van der Waals surface area contributed by atoms with Gasteiger partial charge in [-0.05, 0) is 53.5 Å². The average Bonchev–Trinajstić information content (AvgIpc) is 3.26. The van der Waals surface area contributed by atoms with Crippen LogP contribution in [-0.4, -0.2) is 61.6 Å². The third-order valence-corrected chi connectivity index (χ3v) is 6.91. The van der Waals surface area contributed by atoms with Crippen LogP contribution in [0.2, 0.25) is 0 Å². The molecule has 0 saturated carbocycles. The zero-order chi connectivity index (χ0) is 23.1. The summed E-state index contributed by atoms with van der Waals surface area (Å²) in [6, 6.07) is 10.1. The number of benzene rings is 1. The summed E-state index contributed by atoms with van der Waals surface area (Å²) < 4.78 is 11.2. The van der Waals surface area contributed by atoms with Crippen molar-refractivity contribution in [3.63, 3.8) is 0 Å². The van der Waals surface area contributed by atoms with E-state index in [1.807, 2.05) is 17.0 Å². The molecule has 1 atom stereocenters. The van der Waals surface area contributed by atoms with Crippen LogP contribution in [0.1, 0.15) is 55.2 Å². The maximum absolute atomic E-state index is 13.3. The number of hydrogen-bond donors (Lipinski definition) is 0. The SMILES string of the molecule is COCCCN(CC(=O)N1CCc2sccc2C1COc1ccc(C(C)C)cc1)C(C)=O. The van der Waals surface area contributed by atoms with Gasteiger partial charge in [-0.25, -0.2) is 0 Å². The minimum atomic E-state index is -0.157. The maximum Gasteiger partial charge on any atom is 0.242 e. The normalized spacial score (nSPS) is 15.5. The van der Waals surface area contributed by atoms with E-state index in [2.05, 4.69) is 37.4 Å². The zero-order valence-electron chi connectivity index (χ0n) is 19.5. The van der Waals surface area contributed by atoms with E-state index >= 15 is 0 Å². The Kier molecular flexibility index (Phi) is 8.70. The highest BCUT2D eigenvalue weighted by Gasteiger charge is 2.33. The molecule has 6 nitrogen and oxygen atoms in total. The van der Waals surface area contributed by atoms with Gasteiger partial charge in [0.15, 0.2) is 0 Å². The molecule has 0 saturated heterocycles. The second-order valence-corrected chi connectivity index (χ2v) is 9.47. The molecule has 0 aliphatic carbocycles. The van der Waals surface area contributed by atoms with Crippen LogP contribution < -0.4 is 4.74 Å². The van der Waals surface area contributed by atoms with Gasteiger partial charge >= 0.3 is 0 Å². The van der Waals surface area contributed by atoms with Crippen molar-refractivity contribution >= 4 is 23.2 Å². The lowest BCUT2D eigenvalue weighted by Gasteiger charge is -2.37. The van der Waals surface area contributed by atoms with E-state index in [0.29, 0.717) is 38.6 Å². The third kappa shape index (κ3) is 6.11. The molecule has 1 aromatic carbocycles. The highest BCUT2D eigenvalue weighted by molar-refractivity contribution is 7.10. The fourth-order valence-corrected chi connectivity index (χ4v) is 4.93. The molecule has 2 aromatic rings. The van der Waals surface area contributed by atoms with E-state index in [9.17, 15) is 9.59 Å². The van der Waals surface area contributed by atoms with E-state index in [4.69, 9.17) is 9.47 Å². The molecule has 0 bridgehead atoms. The number of hydrogen-bond acceptors (Lipinski definition) is 5. The fourth-order valence-electron chi connectivity index (χ4n) is 4.00. The Hall–Kier alpha value is -2.38. The highest BCUT2D eigenvalue weighted by atomic mass is 32.1. The number of methoxy groups -OCH3 is 1. The van der Waals surface area contributed by atoms with Crippen molar-refractivity contribution in [1.82, 2.24) is 9.80 Å². The van der Waals surface area contributed by atoms with Crippen molar-refractivity contribution in [2.75, 3.05) is 40.0 Å². The molecular formula is C25H34N2O4S. The van der Waals surface area contributed by atoms with Gasteiger partial charge in [0, 0.05) is 38.6 Å². The first-order chi connectivity index (χ1) is 15.4. The fraction of sp³-hybridized carbons (Fsp3) is 0.520. The van der Waals surface area contributed by atoms with Gasteiger partial charge < -0.3 is 19.3 Å². The molecule has 1 aliphatic rings. The largest absolute Gasteiger partial charge is 0.491 e. The summed E-state index contributed by atoms with van der Waals surface area (Å²) >= 11 is 1.73. The molecule has 7 heteroatoms. The Bertz CT molecular complexity index is 894. The standard InChI is InChI=1S/C25H34N2O4S/c1-18(2)20-6-8-21(9-7-20)31-17-23-22-11-15-32-24(22)10-13-27(23)25(29)16-26(19(3)28)12-5-14-30-4/h6-9,11,15,18,23H,5,10,12-14,16-17H2,1-4H3. The summed E-state index contributed by atoms with van der Waals surface area (Å²) in [7, 11) is 1.64. The molecule has 1 aliphatic heterocycles. The number of carbonyl (C=O) groups is 2. The monoisotopic (exact) mass is 458 g/mol. The van der Waals surface area contributed by atoms with Crippen molar-refractivity contribution in [2.45, 2.75) is 45.6 Å². The predicted molar refractivity (Wildman–Crippen MR) is 127 cm³/mol. The molecule has 32 heavy (non-hydrogen) atoms. The molecule has 0 spiro atoms. The Morgan fingerprint density at radius 3 is 2.62 bits per heavy atom. The number of carbonyl (C=O) groups excluding carboxylic acids is 2. The Morgan fingerprint density at radius 1 is 1.22 bits per heavy atom. The van der Waals surface area contributed by atoms with Gasteiger partial charge in [-0.3, -0.25) is 9.59 Å². The zero-order valence-corrected chi connectivity index (χ0v) is 20.3. The average molecular weight is 459 g/mol. The number of nitrogens with zero attached hydrogens (tertiary/aromatic N) is 2. The lowest BCUT2D eigenvalue weighted by atomic mass is 10.00. The molecule has 1 aromatic heterocycles. The summed E-state index contributed by atoms with van der Waals surface area (Å²) in [5.41, 5.74) is 2.42. The molecule has 0 N–H and O–H groups in total. The molecule has 2 heterocycles. The first-order valence-electron chi connectivity index (χ1n) is 11.2. The second kappa shape index (κ2) is 11.5. The van der Waals surface area contributed by atoms with E-state index in [1.165, 1.54) is 17.4 Å². The minimum Gasteiger partial charge on any atom is -0.491 e. The second-order valence-electron chi connectivity index (χ2n) is 8.47. The van der Waals surface area contributed by atoms with Crippen LogP contribution in [0, 0.1) is 0 Å². The van der Waals surface area contributed by atoms with Crippen LogP contribution in [0.15, 0.2) is 35.7 Å². The first-order valence-corrected chi connectivity index (χ1v) is 12.1. The van der Waals surface area contributed by atoms with Crippen molar-refractivity contribution < 1.29 is 19.1 Å². The molecule has 0 fully saturated rings. The summed E-state index contributed by atoms with van der Waals surface area (Å²) in [4.78, 5) is 30.1. The summed E-state index contributed by atoms with van der Waals surface area (Å²) in [6.45, 7) is 8.02. The Morgan fingerprint density at radius 2 is 1.97 bits per heavy atom. The van der Waals surface area contributed by atoms with Crippen molar-refractivity contribution in [1.29, 1.82) is 0 Å². The minimum absolute atomic E-state index is 0.0433. The quantitative estimate of drug-likeness (QED) is 0.499. The summed E-state index contributed by atoms with van der Waals surface area (Å²) in [6.07, 6.45) is 1.54. The number of fused-ring (bicyclic) bond motifs is 1. The van der Waals surface area contributed by atoms with Crippen molar-refractivity contribution in [2.24, 2.45) is 0 Å². The van der Waals surface area contributed by atoms with Crippen LogP contribution in [0.25, 0.3) is 0 Å². The van der Waals surface area contributed by atoms with Gasteiger partial charge in [-0.2, -0.15) is 0 Å². The van der Waals surface area contributed by atoms with E-state index in [-0.39, 0.29) is 24.4 Å². The third-order valence-electron chi connectivity index (χ3n) is 5.92. The van der Waals surface area contributed by atoms with Crippen LogP contribution in [0.5, 0.6) is 5.75 Å². The van der Waals surface area contributed by atoms with E-state index in [0.717, 1.165) is 17.7 Å². The van der Waals surface area contributed by atoms with Crippen molar-refractivity contribution in [3.05, 3.63) is 51.7 Å². The maximum atomic E-state index is 13.3. The summed E-state index contributed by atoms with van der Waals surface area (Å²) in [5, 5.41) is 2.08. The van der Waals surface area contributed by atoms with Gasteiger partial charge in [-0.1, -0.05) is 26.0 Å². The predicted octanol–water partition coefficient (Wildman–Crippen LogP) is 4.26. The molecule has 0 radical (unpaired) electrons. The van der Waals surface area contributed by atoms with Gasteiger partial charge in [0.05, 0.1) is 12.6 Å². The molecule has 3 rings (SSSR count). The van der Waals surface area contributed by atoms with Crippen LogP contribution in [0.4, 0.5) is 0 Å². The topological polar surface area (TPSA) is 59.1 Å². The molecule has 1 unspecified atom stereocenters. The van der Waals surface area contributed by atoms with Gasteiger partial charge in [0.2, 0.25) is 11.8 Å². The van der Waals surface area contributed by atoms with Crippen molar-refractivity contribution in [3.8, 4) is 5.75 Å². The van der Waals surface area contributed by atoms with Gasteiger partial charge in [0.1, 0.15) is 12.4 Å². The smallest absolute Gasteiger partial charge is 0.242 e. The lowest BCUT2D eigenvalue weighted by Crippen LogP contribution is -2.47. The van der Waals surface area contributed by atoms with E-state index < -0.39 is 0 Å². The van der Waals surface area contributed by atoms with E-state index in [1.54, 1.807) is 23.3 Å². The van der Waals surface area contributed by atoms with Crippen LogP contribution in [-0.2, 0) is 20.7 Å².